The number of aromatic nitrogens is 2. The van der Waals surface area contributed by atoms with Crippen molar-refractivity contribution in [3.63, 3.8) is 0 Å². The number of fused-ring (bicyclic) bond motifs is 7. The smallest absolute Gasteiger partial charge is 0.156 e. The van der Waals surface area contributed by atoms with E-state index in [9.17, 15) is 0 Å². The average molecular weight is 582 g/mol. The zero-order chi connectivity index (χ0) is 30.0. The molecule has 0 fully saturated rings. The highest BCUT2D eigenvalue weighted by atomic mass is 15.6. The van der Waals surface area contributed by atoms with E-state index >= 15 is 0 Å². The summed E-state index contributed by atoms with van der Waals surface area (Å²) in [5, 5.41) is 3.98. The molecule has 45 heavy (non-hydrogen) atoms. The second kappa shape index (κ2) is 11.4. The monoisotopic (exact) mass is 581 g/mol. The van der Waals surface area contributed by atoms with E-state index < -0.39 is 0 Å². The van der Waals surface area contributed by atoms with Gasteiger partial charge in [0.2, 0.25) is 0 Å². The number of para-hydroxylation sites is 1. The number of hydrogen-bond acceptors (Lipinski definition) is 7. The van der Waals surface area contributed by atoms with Crippen LogP contribution >= 0.6 is 0 Å². The van der Waals surface area contributed by atoms with E-state index in [-0.39, 0.29) is 0 Å². The van der Waals surface area contributed by atoms with Crippen molar-refractivity contribution in [3.8, 4) is 0 Å². The minimum absolute atomic E-state index is 0.572. The second-order valence-corrected chi connectivity index (χ2v) is 10.6. The Balaban J connectivity index is 1.35. The van der Waals surface area contributed by atoms with Crippen LogP contribution in [0.25, 0.3) is 11.1 Å². The summed E-state index contributed by atoms with van der Waals surface area (Å²) in [6.07, 6.45) is 12.4. The molecule has 0 saturated carbocycles. The standard InChI is InChI=1S/C38H27N7/c1-4-12-28(13-5-1)30-22-24-43-37(26-30)41-33-18-10-20-35(39-33)45(32-16-8-3-9-17-32)36-21-11-19-34(40-36)42-38-27-31(23-25-44(38)43)29-14-6-2-7-15-29/h1-27H/b41-37-,42-38-. The van der Waals surface area contributed by atoms with Gasteiger partial charge in [-0.2, -0.15) is 0 Å². The third kappa shape index (κ3) is 5.23. The Kier molecular flexibility index (Phi) is 6.66. The van der Waals surface area contributed by atoms with Crippen molar-refractivity contribution in [1.82, 2.24) is 20.0 Å². The van der Waals surface area contributed by atoms with Crippen molar-refractivity contribution in [3.05, 3.63) is 175 Å². The van der Waals surface area contributed by atoms with Gasteiger partial charge in [-0.15, -0.1) is 0 Å². The van der Waals surface area contributed by atoms with Crippen LogP contribution < -0.4 is 4.90 Å². The fourth-order valence-corrected chi connectivity index (χ4v) is 5.50. The van der Waals surface area contributed by atoms with Gasteiger partial charge < -0.3 is 0 Å². The molecular formula is C38H27N7. The van der Waals surface area contributed by atoms with Crippen molar-refractivity contribution < 1.29 is 0 Å². The van der Waals surface area contributed by atoms with Gasteiger partial charge in [0.1, 0.15) is 11.6 Å². The van der Waals surface area contributed by atoms with Crippen LogP contribution in [0.5, 0.6) is 0 Å². The topological polar surface area (TPSA) is 60.2 Å². The van der Waals surface area contributed by atoms with Crippen molar-refractivity contribution >= 4 is 51.8 Å². The Morgan fingerprint density at radius 2 is 0.867 bits per heavy atom. The number of allylic oxidation sites excluding steroid dienone is 4. The largest absolute Gasteiger partial charge is 0.279 e. The van der Waals surface area contributed by atoms with Gasteiger partial charge in [0.15, 0.2) is 23.3 Å². The lowest BCUT2D eigenvalue weighted by molar-refractivity contribution is 0.271. The highest BCUT2D eigenvalue weighted by Crippen LogP contribution is 2.35. The first-order chi connectivity index (χ1) is 22.3. The van der Waals surface area contributed by atoms with Gasteiger partial charge in [-0.1, -0.05) is 91.0 Å². The Hall–Kier alpha value is -6.34. The summed E-state index contributed by atoms with van der Waals surface area (Å²) in [7, 11) is 0. The number of rotatable bonds is 3. The minimum Gasteiger partial charge on any atom is -0.279 e. The highest BCUT2D eigenvalue weighted by molar-refractivity contribution is 6.09. The molecule has 0 spiro atoms. The molecule has 7 nitrogen and oxygen atoms in total. The normalized spacial score (nSPS) is 17.6. The number of anilines is 3. The Bertz CT molecular complexity index is 1930. The van der Waals surface area contributed by atoms with E-state index in [4.69, 9.17) is 20.0 Å². The maximum absolute atomic E-state index is 5.13. The predicted molar refractivity (Wildman–Crippen MR) is 182 cm³/mol. The minimum atomic E-state index is 0.572. The van der Waals surface area contributed by atoms with Crippen LogP contribution in [0.1, 0.15) is 11.1 Å². The average Bonchev–Trinajstić information content (AvgIpc) is 3.10. The summed E-state index contributed by atoms with van der Waals surface area (Å²) >= 11 is 0. The molecule has 0 radical (unpaired) electrons. The molecular weight excluding hydrogens is 554 g/mol. The molecule has 2 aromatic heterocycles. The Morgan fingerprint density at radius 3 is 1.33 bits per heavy atom. The molecule has 8 rings (SSSR count). The molecule has 5 heterocycles. The van der Waals surface area contributed by atoms with Gasteiger partial charge in [0.05, 0.1) is 0 Å². The molecule has 4 bridgehead atoms. The third-order valence-corrected chi connectivity index (χ3v) is 7.65. The summed E-state index contributed by atoms with van der Waals surface area (Å²) in [5.74, 6) is 3.94. The first kappa shape index (κ1) is 26.3. The number of pyridine rings is 2. The third-order valence-electron chi connectivity index (χ3n) is 7.65. The molecule has 0 atom stereocenters. The van der Waals surface area contributed by atoms with Crippen molar-refractivity contribution in [2.45, 2.75) is 0 Å². The summed E-state index contributed by atoms with van der Waals surface area (Å²) in [6, 6.07) is 42.5. The molecule has 0 N–H and O–H groups in total. The quantitative estimate of drug-likeness (QED) is 0.213. The number of benzene rings is 3. The molecule has 0 amide bonds. The summed E-state index contributed by atoms with van der Waals surface area (Å²) in [6.45, 7) is 0. The summed E-state index contributed by atoms with van der Waals surface area (Å²) in [5.41, 5.74) is 5.23. The van der Waals surface area contributed by atoms with Crippen LogP contribution in [-0.2, 0) is 0 Å². The molecule has 214 valence electrons. The van der Waals surface area contributed by atoms with Crippen LogP contribution in [0.4, 0.5) is 29.0 Å². The Morgan fingerprint density at radius 1 is 0.422 bits per heavy atom. The van der Waals surface area contributed by atoms with Gasteiger partial charge in [-0.05, 0) is 83.0 Å². The highest BCUT2D eigenvalue weighted by Gasteiger charge is 2.25. The lowest BCUT2D eigenvalue weighted by Gasteiger charge is -2.36. The number of hydrogen-bond donors (Lipinski definition) is 0. The van der Waals surface area contributed by atoms with E-state index in [1.807, 2.05) is 130 Å². The molecule has 7 heteroatoms. The summed E-state index contributed by atoms with van der Waals surface area (Å²) in [4.78, 5) is 22.3. The first-order valence-electron chi connectivity index (χ1n) is 14.7. The van der Waals surface area contributed by atoms with E-state index in [1.165, 1.54) is 0 Å². The van der Waals surface area contributed by atoms with E-state index in [1.54, 1.807) is 0 Å². The molecule has 3 aliphatic rings. The number of nitrogens with zero attached hydrogens (tertiary/aromatic N) is 7. The molecule has 3 aliphatic heterocycles. The van der Waals surface area contributed by atoms with Gasteiger partial charge in [0, 0.05) is 18.1 Å². The molecule has 0 saturated heterocycles. The number of hydrazine groups is 1. The van der Waals surface area contributed by atoms with Crippen molar-refractivity contribution in [2.75, 3.05) is 4.90 Å². The van der Waals surface area contributed by atoms with Gasteiger partial charge in [0.25, 0.3) is 0 Å². The van der Waals surface area contributed by atoms with Crippen LogP contribution in [0, 0.1) is 0 Å². The van der Waals surface area contributed by atoms with Crippen molar-refractivity contribution in [1.29, 1.82) is 0 Å². The van der Waals surface area contributed by atoms with E-state index in [0.29, 0.717) is 34.9 Å². The van der Waals surface area contributed by atoms with Crippen LogP contribution in [0.15, 0.2) is 174 Å². The van der Waals surface area contributed by atoms with Gasteiger partial charge in [-0.3, -0.25) is 4.90 Å². The zero-order valence-corrected chi connectivity index (χ0v) is 24.2. The first-order valence-corrected chi connectivity index (χ1v) is 14.7. The zero-order valence-electron chi connectivity index (χ0n) is 24.2. The van der Waals surface area contributed by atoms with Crippen molar-refractivity contribution in [2.24, 2.45) is 9.98 Å². The molecule has 3 aromatic carbocycles. The summed E-state index contributed by atoms with van der Waals surface area (Å²) < 4.78 is 0. The Labute approximate surface area is 261 Å². The van der Waals surface area contributed by atoms with Gasteiger partial charge >= 0.3 is 0 Å². The fraction of sp³-hybridized carbons (Fsp3) is 0. The van der Waals surface area contributed by atoms with Crippen LogP contribution in [-0.4, -0.2) is 31.7 Å². The second-order valence-electron chi connectivity index (χ2n) is 10.6. The molecule has 0 unspecified atom stereocenters. The lowest BCUT2D eigenvalue weighted by Crippen LogP contribution is -2.44. The predicted octanol–water partition coefficient (Wildman–Crippen LogP) is 8.76. The van der Waals surface area contributed by atoms with E-state index in [0.717, 1.165) is 28.0 Å². The SMILES string of the molecule is C1=CN2/C(=N\c3cccc(n3)N(c3ccccc3)c3cccc(n3)/N=C3/C=C(c4ccccc4)C=CN32)C=C1c1ccccc1. The maximum atomic E-state index is 5.13. The lowest BCUT2D eigenvalue weighted by atomic mass is 10.0. The van der Waals surface area contributed by atoms with Crippen LogP contribution in [0.3, 0.4) is 0 Å². The fourth-order valence-electron chi connectivity index (χ4n) is 5.50. The van der Waals surface area contributed by atoms with E-state index in [2.05, 4.69) is 48.6 Å². The van der Waals surface area contributed by atoms with Gasteiger partial charge in [-0.25, -0.2) is 30.0 Å². The number of aliphatic imine (C=N–C) groups is 2. The number of amidine groups is 2. The maximum Gasteiger partial charge on any atom is 0.156 e. The molecule has 0 aliphatic carbocycles. The van der Waals surface area contributed by atoms with Crippen LogP contribution in [0.2, 0.25) is 0 Å². The molecule has 5 aromatic rings.